The third-order valence-corrected chi connectivity index (χ3v) is 2.37. The first kappa shape index (κ1) is 14.2. The predicted octanol–water partition coefficient (Wildman–Crippen LogP) is 0.860. The molecule has 0 aliphatic carbocycles. The maximum Gasteiger partial charge on any atom is 0.309 e. The summed E-state index contributed by atoms with van der Waals surface area (Å²) in [7, 11) is 0. The molecule has 0 bridgehead atoms. The van der Waals surface area contributed by atoms with Gasteiger partial charge in [0.25, 0.3) is 0 Å². The summed E-state index contributed by atoms with van der Waals surface area (Å²) in [4.78, 5) is 26.9. The molecule has 0 aliphatic rings. The number of hydrogen-bond acceptors (Lipinski definition) is 3. The molecule has 0 unspecified atom stereocenters. The van der Waals surface area contributed by atoms with Crippen LogP contribution in [-0.4, -0.2) is 23.3 Å². The molecule has 98 valence electrons. The molecule has 1 heterocycles. The molecule has 0 saturated carbocycles. The Kier molecular flexibility index (Phi) is 5.84. The van der Waals surface area contributed by atoms with Crippen LogP contribution < -0.4 is 10.6 Å². The highest BCUT2D eigenvalue weighted by Gasteiger charge is 2.12. The van der Waals surface area contributed by atoms with Crippen LogP contribution in [0.2, 0.25) is 0 Å². The molecule has 1 aromatic rings. The zero-order chi connectivity index (χ0) is 13.4. The third kappa shape index (κ3) is 5.43. The van der Waals surface area contributed by atoms with Gasteiger partial charge >= 0.3 is 11.8 Å². The Labute approximate surface area is 107 Å². The minimum absolute atomic E-state index is 0.261. The van der Waals surface area contributed by atoms with Crippen molar-refractivity contribution in [1.82, 2.24) is 15.6 Å². The molecular formula is C13H19N3O2. The summed E-state index contributed by atoms with van der Waals surface area (Å²) in [5.74, 6) is -0.710. The number of hydrogen-bond donors (Lipinski definition) is 2. The Morgan fingerprint density at radius 3 is 2.56 bits per heavy atom. The van der Waals surface area contributed by atoms with E-state index in [1.807, 2.05) is 6.07 Å². The topological polar surface area (TPSA) is 71.1 Å². The molecule has 5 heteroatoms. The molecule has 5 nitrogen and oxygen atoms in total. The number of nitrogens with one attached hydrogen (secondary N) is 2. The average Bonchev–Trinajstić information content (AvgIpc) is 2.36. The standard InChI is InChI=1S/C13H19N3O2/c1-10(2)6-8-15-12(17)13(18)16-9-11-5-3-4-7-14-11/h3-5,7,10H,6,8-9H2,1-2H3,(H,15,17)(H,16,18). The first-order valence-electron chi connectivity index (χ1n) is 6.05. The van der Waals surface area contributed by atoms with Crippen LogP contribution in [0.3, 0.4) is 0 Å². The van der Waals surface area contributed by atoms with E-state index >= 15 is 0 Å². The van der Waals surface area contributed by atoms with Gasteiger partial charge in [0.2, 0.25) is 0 Å². The van der Waals surface area contributed by atoms with Gasteiger partial charge in [-0.1, -0.05) is 19.9 Å². The molecule has 0 aromatic carbocycles. The molecule has 2 N–H and O–H groups in total. The van der Waals surface area contributed by atoms with Gasteiger partial charge in [-0.3, -0.25) is 14.6 Å². The van der Waals surface area contributed by atoms with E-state index in [0.29, 0.717) is 12.5 Å². The Hall–Kier alpha value is -1.91. The maximum atomic E-state index is 11.4. The summed E-state index contributed by atoms with van der Waals surface area (Å²) >= 11 is 0. The third-order valence-electron chi connectivity index (χ3n) is 2.37. The number of nitrogens with zero attached hydrogens (tertiary/aromatic N) is 1. The minimum atomic E-state index is -0.621. The highest BCUT2D eigenvalue weighted by atomic mass is 16.2. The predicted molar refractivity (Wildman–Crippen MR) is 68.5 cm³/mol. The van der Waals surface area contributed by atoms with Crippen molar-refractivity contribution in [3.05, 3.63) is 30.1 Å². The van der Waals surface area contributed by atoms with Gasteiger partial charge in [0, 0.05) is 12.7 Å². The Bertz CT molecular complexity index is 390. The van der Waals surface area contributed by atoms with E-state index < -0.39 is 11.8 Å². The van der Waals surface area contributed by atoms with Crippen LogP contribution >= 0.6 is 0 Å². The summed E-state index contributed by atoms with van der Waals surface area (Å²) in [5.41, 5.74) is 0.723. The van der Waals surface area contributed by atoms with Gasteiger partial charge in [0.05, 0.1) is 12.2 Å². The molecular weight excluding hydrogens is 230 g/mol. The van der Waals surface area contributed by atoms with Crippen molar-refractivity contribution in [2.24, 2.45) is 5.92 Å². The van der Waals surface area contributed by atoms with Gasteiger partial charge in [-0.05, 0) is 24.5 Å². The lowest BCUT2D eigenvalue weighted by Crippen LogP contribution is -2.40. The van der Waals surface area contributed by atoms with Crippen molar-refractivity contribution in [2.75, 3.05) is 6.54 Å². The van der Waals surface area contributed by atoms with Crippen LogP contribution in [0, 0.1) is 5.92 Å². The molecule has 2 amide bonds. The Balaban J connectivity index is 2.26. The van der Waals surface area contributed by atoms with Crippen molar-refractivity contribution in [3.8, 4) is 0 Å². The van der Waals surface area contributed by atoms with Gasteiger partial charge in [-0.2, -0.15) is 0 Å². The Morgan fingerprint density at radius 1 is 1.22 bits per heavy atom. The fraction of sp³-hybridized carbons (Fsp3) is 0.462. The van der Waals surface area contributed by atoms with Crippen LogP contribution in [0.1, 0.15) is 26.0 Å². The summed E-state index contributed by atoms with van der Waals surface area (Å²) in [6.45, 7) is 4.91. The first-order chi connectivity index (χ1) is 8.59. The molecule has 0 aliphatic heterocycles. The number of pyridine rings is 1. The van der Waals surface area contributed by atoms with Crippen LogP contribution in [-0.2, 0) is 16.1 Å². The van der Waals surface area contributed by atoms with Gasteiger partial charge in [-0.25, -0.2) is 0 Å². The zero-order valence-electron chi connectivity index (χ0n) is 10.8. The summed E-state index contributed by atoms with van der Waals surface area (Å²) in [6.07, 6.45) is 2.50. The van der Waals surface area contributed by atoms with Crippen molar-refractivity contribution in [3.63, 3.8) is 0 Å². The fourth-order valence-electron chi connectivity index (χ4n) is 1.31. The second kappa shape index (κ2) is 7.42. The highest BCUT2D eigenvalue weighted by Crippen LogP contribution is 1.96. The van der Waals surface area contributed by atoms with E-state index in [-0.39, 0.29) is 6.54 Å². The van der Waals surface area contributed by atoms with Crippen LogP contribution in [0.25, 0.3) is 0 Å². The normalized spacial score (nSPS) is 10.2. The van der Waals surface area contributed by atoms with Crippen LogP contribution in [0.4, 0.5) is 0 Å². The average molecular weight is 249 g/mol. The molecule has 0 saturated heterocycles. The molecule has 1 rings (SSSR count). The van der Waals surface area contributed by atoms with E-state index in [2.05, 4.69) is 29.5 Å². The number of amides is 2. The smallest absolute Gasteiger partial charge is 0.309 e. The molecule has 0 atom stereocenters. The largest absolute Gasteiger partial charge is 0.348 e. The molecule has 1 aromatic heterocycles. The minimum Gasteiger partial charge on any atom is -0.348 e. The number of carbonyl (C=O) groups excluding carboxylic acids is 2. The summed E-state index contributed by atoms with van der Waals surface area (Å²) in [6, 6.07) is 5.41. The number of rotatable bonds is 5. The fourth-order valence-corrected chi connectivity index (χ4v) is 1.31. The lowest BCUT2D eigenvalue weighted by atomic mass is 10.1. The van der Waals surface area contributed by atoms with Gasteiger partial charge in [0.1, 0.15) is 0 Å². The van der Waals surface area contributed by atoms with Crippen molar-refractivity contribution < 1.29 is 9.59 Å². The number of aromatic nitrogens is 1. The number of carbonyl (C=O) groups is 2. The van der Waals surface area contributed by atoms with Gasteiger partial charge < -0.3 is 10.6 Å². The zero-order valence-corrected chi connectivity index (χ0v) is 10.8. The molecule has 0 radical (unpaired) electrons. The monoisotopic (exact) mass is 249 g/mol. The first-order valence-corrected chi connectivity index (χ1v) is 6.05. The lowest BCUT2D eigenvalue weighted by Gasteiger charge is -2.07. The van der Waals surface area contributed by atoms with E-state index in [1.54, 1.807) is 18.3 Å². The second-order valence-electron chi connectivity index (χ2n) is 4.44. The molecule has 18 heavy (non-hydrogen) atoms. The molecule has 0 fully saturated rings. The van der Waals surface area contributed by atoms with E-state index in [9.17, 15) is 9.59 Å². The highest BCUT2D eigenvalue weighted by molar-refractivity contribution is 6.35. The Morgan fingerprint density at radius 2 is 1.94 bits per heavy atom. The van der Waals surface area contributed by atoms with Crippen LogP contribution in [0.5, 0.6) is 0 Å². The van der Waals surface area contributed by atoms with Crippen molar-refractivity contribution in [2.45, 2.75) is 26.8 Å². The van der Waals surface area contributed by atoms with E-state index in [1.165, 1.54) is 0 Å². The summed E-state index contributed by atoms with van der Waals surface area (Å²) < 4.78 is 0. The SMILES string of the molecule is CC(C)CCNC(=O)C(=O)NCc1ccccn1. The summed E-state index contributed by atoms with van der Waals surface area (Å²) in [5, 5.41) is 5.10. The van der Waals surface area contributed by atoms with Gasteiger partial charge in [-0.15, -0.1) is 0 Å². The second-order valence-corrected chi connectivity index (χ2v) is 4.44. The molecule has 0 spiro atoms. The van der Waals surface area contributed by atoms with Crippen molar-refractivity contribution in [1.29, 1.82) is 0 Å². The van der Waals surface area contributed by atoms with Crippen molar-refractivity contribution >= 4 is 11.8 Å². The van der Waals surface area contributed by atoms with Gasteiger partial charge in [0.15, 0.2) is 0 Å². The van der Waals surface area contributed by atoms with E-state index in [0.717, 1.165) is 12.1 Å². The van der Waals surface area contributed by atoms with Crippen LogP contribution in [0.15, 0.2) is 24.4 Å². The lowest BCUT2D eigenvalue weighted by molar-refractivity contribution is -0.139. The maximum absolute atomic E-state index is 11.4. The van der Waals surface area contributed by atoms with E-state index in [4.69, 9.17) is 0 Å². The quantitative estimate of drug-likeness (QED) is 0.760.